The molecule has 1 aromatic carbocycles. The highest BCUT2D eigenvalue weighted by atomic mass is 35.5. The molecular formula is C15H22ClN3. The van der Waals surface area contributed by atoms with E-state index in [1.807, 2.05) is 12.1 Å². The lowest BCUT2D eigenvalue weighted by Gasteiger charge is -2.46. The third-order valence-electron chi connectivity index (χ3n) is 4.68. The predicted octanol–water partition coefficient (Wildman–Crippen LogP) is 2.84. The lowest BCUT2D eigenvalue weighted by Crippen LogP contribution is -2.52. The lowest BCUT2D eigenvalue weighted by atomic mass is 9.84. The van der Waals surface area contributed by atoms with Gasteiger partial charge in [0.1, 0.15) is 0 Å². The molecule has 0 radical (unpaired) electrons. The maximum absolute atomic E-state index is 6.11. The molecular weight excluding hydrogens is 258 g/mol. The van der Waals surface area contributed by atoms with Gasteiger partial charge in [-0.1, -0.05) is 11.6 Å². The van der Waals surface area contributed by atoms with Crippen molar-refractivity contribution in [3.05, 3.63) is 23.2 Å². The summed E-state index contributed by atoms with van der Waals surface area (Å²) < 4.78 is 0. The number of nitrogen functional groups attached to an aromatic ring is 1. The van der Waals surface area contributed by atoms with Gasteiger partial charge in [0.15, 0.2) is 0 Å². The van der Waals surface area contributed by atoms with Gasteiger partial charge in [-0.2, -0.15) is 0 Å². The predicted molar refractivity (Wildman–Crippen MR) is 81.8 cm³/mol. The standard InChI is InChI=1S/C15H22ClN3/c1-18-7-2-3-11-10-19(8-6-14(11)18)15-5-4-12(16)9-13(15)17/h4-5,9,11,14H,2-3,6-8,10,17H2,1H3. The summed E-state index contributed by atoms with van der Waals surface area (Å²) in [6.07, 6.45) is 3.91. The second kappa shape index (κ2) is 5.22. The number of nitrogens with zero attached hydrogens (tertiary/aromatic N) is 2. The Labute approximate surface area is 120 Å². The van der Waals surface area contributed by atoms with E-state index in [1.54, 1.807) is 0 Å². The van der Waals surface area contributed by atoms with Crippen molar-refractivity contribution in [3.8, 4) is 0 Å². The van der Waals surface area contributed by atoms with Crippen LogP contribution in [-0.4, -0.2) is 37.6 Å². The van der Waals surface area contributed by atoms with Gasteiger partial charge in [0.2, 0.25) is 0 Å². The number of anilines is 2. The molecule has 4 heteroatoms. The van der Waals surface area contributed by atoms with Crippen LogP contribution >= 0.6 is 11.6 Å². The fourth-order valence-corrected chi connectivity index (χ4v) is 3.87. The van der Waals surface area contributed by atoms with E-state index in [2.05, 4.69) is 22.9 Å². The second-order valence-corrected chi connectivity index (χ2v) is 6.32. The van der Waals surface area contributed by atoms with Crippen molar-refractivity contribution in [3.63, 3.8) is 0 Å². The van der Waals surface area contributed by atoms with Crippen LogP contribution in [0.3, 0.4) is 0 Å². The molecule has 0 bridgehead atoms. The summed E-state index contributed by atoms with van der Waals surface area (Å²) in [4.78, 5) is 4.97. The maximum atomic E-state index is 6.11. The molecule has 2 unspecified atom stereocenters. The van der Waals surface area contributed by atoms with Gasteiger partial charge in [0, 0.05) is 24.2 Å². The minimum atomic E-state index is 0.716. The SMILES string of the molecule is CN1CCCC2CN(c3ccc(Cl)cc3N)CCC21. The Morgan fingerprint density at radius 1 is 1.26 bits per heavy atom. The molecule has 2 aliphatic rings. The molecule has 0 spiro atoms. The van der Waals surface area contributed by atoms with Crippen molar-refractivity contribution in [2.75, 3.05) is 37.3 Å². The molecule has 2 fully saturated rings. The van der Waals surface area contributed by atoms with E-state index >= 15 is 0 Å². The normalized spacial score (nSPS) is 28.2. The number of likely N-dealkylation sites (tertiary alicyclic amines) is 1. The third kappa shape index (κ3) is 2.54. The van der Waals surface area contributed by atoms with E-state index in [1.165, 1.54) is 25.8 Å². The van der Waals surface area contributed by atoms with Crippen molar-refractivity contribution in [1.82, 2.24) is 4.90 Å². The molecule has 2 N–H and O–H groups in total. The Bertz CT molecular complexity index is 463. The first-order chi connectivity index (χ1) is 9.15. The van der Waals surface area contributed by atoms with Crippen LogP contribution in [0.4, 0.5) is 11.4 Å². The molecule has 0 aliphatic carbocycles. The number of halogens is 1. The zero-order valence-corrected chi connectivity index (χ0v) is 12.2. The molecule has 3 nitrogen and oxygen atoms in total. The summed E-state index contributed by atoms with van der Waals surface area (Å²) in [5.41, 5.74) is 8.06. The quantitative estimate of drug-likeness (QED) is 0.803. The highest BCUT2D eigenvalue weighted by molar-refractivity contribution is 6.31. The highest BCUT2D eigenvalue weighted by Gasteiger charge is 2.34. The number of piperidine rings is 2. The Balaban J connectivity index is 1.77. The van der Waals surface area contributed by atoms with Crippen molar-refractivity contribution in [1.29, 1.82) is 0 Å². The molecule has 1 aromatic rings. The molecule has 2 saturated heterocycles. The van der Waals surface area contributed by atoms with E-state index in [4.69, 9.17) is 17.3 Å². The summed E-state index contributed by atoms with van der Waals surface area (Å²) in [6, 6.07) is 6.62. The minimum absolute atomic E-state index is 0.716. The molecule has 19 heavy (non-hydrogen) atoms. The van der Waals surface area contributed by atoms with E-state index in [9.17, 15) is 0 Å². The van der Waals surface area contributed by atoms with Crippen LogP contribution in [0.2, 0.25) is 5.02 Å². The van der Waals surface area contributed by atoms with Gasteiger partial charge >= 0.3 is 0 Å². The summed E-state index contributed by atoms with van der Waals surface area (Å²) in [6.45, 7) is 3.47. The first kappa shape index (κ1) is 13.1. The number of benzene rings is 1. The van der Waals surface area contributed by atoms with Crippen LogP contribution in [0, 0.1) is 5.92 Å². The fourth-order valence-electron chi connectivity index (χ4n) is 3.68. The van der Waals surface area contributed by atoms with E-state index in [0.29, 0.717) is 5.02 Å². The van der Waals surface area contributed by atoms with Crippen LogP contribution in [-0.2, 0) is 0 Å². The number of nitrogens with two attached hydrogens (primary N) is 1. The van der Waals surface area contributed by atoms with Crippen LogP contribution in [0.5, 0.6) is 0 Å². The summed E-state index contributed by atoms with van der Waals surface area (Å²) in [5, 5.41) is 0.716. The Morgan fingerprint density at radius 3 is 2.89 bits per heavy atom. The van der Waals surface area contributed by atoms with Crippen LogP contribution in [0.15, 0.2) is 18.2 Å². The zero-order valence-electron chi connectivity index (χ0n) is 11.5. The fraction of sp³-hybridized carbons (Fsp3) is 0.600. The summed E-state index contributed by atoms with van der Waals surface area (Å²) in [7, 11) is 2.27. The first-order valence-electron chi connectivity index (χ1n) is 7.15. The van der Waals surface area contributed by atoms with Crippen LogP contribution < -0.4 is 10.6 Å². The van der Waals surface area contributed by atoms with Crippen LogP contribution in [0.25, 0.3) is 0 Å². The maximum Gasteiger partial charge on any atom is 0.0601 e. The van der Waals surface area contributed by atoms with Gasteiger partial charge in [-0.05, 0) is 57.0 Å². The number of hydrogen-bond acceptors (Lipinski definition) is 3. The molecule has 104 valence electrons. The highest BCUT2D eigenvalue weighted by Crippen LogP contribution is 2.34. The van der Waals surface area contributed by atoms with Gasteiger partial charge in [-0.25, -0.2) is 0 Å². The third-order valence-corrected chi connectivity index (χ3v) is 4.91. The molecule has 2 aliphatic heterocycles. The van der Waals surface area contributed by atoms with Crippen molar-refractivity contribution in [2.24, 2.45) is 5.92 Å². The van der Waals surface area contributed by atoms with Gasteiger partial charge in [-0.3, -0.25) is 0 Å². The number of fused-ring (bicyclic) bond motifs is 1. The van der Waals surface area contributed by atoms with Gasteiger partial charge < -0.3 is 15.5 Å². The van der Waals surface area contributed by atoms with E-state index in [-0.39, 0.29) is 0 Å². The Morgan fingerprint density at radius 2 is 2.11 bits per heavy atom. The van der Waals surface area contributed by atoms with Crippen molar-refractivity contribution in [2.45, 2.75) is 25.3 Å². The number of hydrogen-bond donors (Lipinski definition) is 1. The zero-order chi connectivity index (χ0) is 13.4. The van der Waals surface area contributed by atoms with Crippen LogP contribution in [0.1, 0.15) is 19.3 Å². The average molecular weight is 280 g/mol. The minimum Gasteiger partial charge on any atom is -0.397 e. The molecule has 2 atom stereocenters. The molecule has 0 amide bonds. The lowest BCUT2D eigenvalue weighted by molar-refractivity contribution is 0.102. The molecule has 0 aromatic heterocycles. The summed E-state index contributed by atoms with van der Waals surface area (Å²) in [5.74, 6) is 0.780. The van der Waals surface area contributed by atoms with Crippen molar-refractivity contribution >= 4 is 23.0 Å². The van der Waals surface area contributed by atoms with Gasteiger partial charge in [0.25, 0.3) is 0 Å². The van der Waals surface area contributed by atoms with Gasteiger partial charge in [-0.15, -0.1) is 0 Å². The smallest absolute Gasteiger partial charge is 0.0601 e. The Kier molecular flexibility index (Phi) is 3.59. The average Bonchev–Trinajstić information content (AvgIpc) is 2.38. The first-order valence-corrected chi connectivity index (χ1v) is 7.53. The Hall–Kier alpha value is -0.930. The topological polar surface area (TPSA) is 32.5 Å². The molecule has 2 heterocycles. The number of rotatable bonds is 1. The molecule has 3 rings (SSSR count). The van der Waals surface area contributed by atoms with Gasteiger partial charge in [0.05, 0.1) is 11.4 Å². The van der Waals surface area contributed by atoms with E-state index < -0.39 is 0 Å². The largest absolute Gasteiger partial charge is 0.397 e. The molecule has 0 saturated carbocycles. The second-order valence-electron chi connectivity index (χ2n) is 5.89. The monoisotopic (exact) mass is 279 g/mol. The van der Waals surface area contributed by atoms with E-state index in [0.717, 1.165) is 36.4 Å². The van der Waals surface area contributed by atoms with Crippen molar-refractivity contribution < 1.29 is 0 Å². The summed E-state index contributed by atoms with van der Waals surface area (Å²) >= 11 is 5.98.